The molecule has 0 radical (unpaired) electrons. The molecule has 8 heteroatoms. The number of carbonyl (C=O) groups excluding carboxylic acids is 3. The van der Waals surface area contributed by atoms with Gasteiger partial charge in [-0.3, -0.25) is 9.59 Å². The molecule has 0 bridgehead atoms. The van der Waals surface area contributed by atoms with E-state index in [1.165, 1.54) is 6.07 Å². The number of nitrogens with one attached hydrogen (secondary N) is 2. The Morgan fingerprint density at radius 3 is 2.18 bits per heavy atom. The smallest absolute Gasteiger partial charge is 0.408 e. The van der Waals surface area contributed by atoms with Crippen LogP contribution in [0.3, 0.4) is 0 Å². The summed E-state index contributed by atoms with van der Waals surface area (Å²) in [6.07, 6.45) is 1.83. The van der Waals surface area contributed by atoms with E-state index in [9.17, 15) is 19.5 Å². The fraction of sp³-hybridized carbons (Fsp3) is 0.640. The molecule has 1 aromatic carbocycles. The van der Waals surface area contributed by atoms with Gasteiger partial charge in [0.05, 0.1) is 0 Å². The summed E-state index contributed by atoms with van der Waals surface area (Å²) in [4.78, 5) is 41.0. The van der Waals surface area contributed by atoms with Gasteiger partial charge in [0.15, 0.2) is 0 Å². The first kappa shape index (κ1) is 26.5. The maximum atomic E-state index is 13.6. The van der Waals surface area contributed by atoms with E-state index in [1.807, 2.05) is 20.8 Å². The molecule has 1 saturated carbocycles. The topological polar surface area (TPSA) is 108 Å². The Morgan fingerprint density at radius 2 is 1.73 bits per heavy atom. The Bertz CT molecular complexity index is 881. The quantitative estimate of drug-likeness (QED) is 0.594. The van der Waals surface area contributed by atoms with Crippen molar-refractivity contribution in [2.24, 2.45) is 0 Å². The van der Waals surface area contributed by atoms with Crippen LogP contribution in [0.2, 0.25) is 0 Å². The zero-order valence-electron chi connectivity index (χ0n) is 21.1. The standard InChI is InChI=1S/C25H39N3O5/c1-15-14-17(12-13-19(15)29)20(21(30)27-24(3,4)5)28(18-10-9-11-18)22(31)16(2)26-23(32)33-25(6,7)8/h12-14,16,18,20,29H,9-11H2,1-8H3,(H,26,32)(H,27,30). The molecular weight excluding hydrogens is 422 g/mol. The zero-order chi connectivity index (χ0) is 25.1. The average Bonchev–Trinajstić information content (AvgIpc) is 2.58. The summed E-state index contributed by atoms with van der Waals surface area (Å²) in [5.74, 6) is -0.544. The van der Waals surface area contributed by atoms with Crippen LogP contribution in [0.15, 0.2) is 18.2 Å². The lowest BCUT2D eigenvalue weighted by Crippen LogP contribution is -2.58. The molecule has 1 aliphatic rings. The van der Waals surface area contributed by atoms with Crippen molar-refractivity contribution in [3.63, 3.8) is 0 Å². The summed E-state index contributed by atoms with van der Waals surface area (Å²) < 4.78 is 5.30. The van der Waals surface area contributed by atoms with E-state index in [0.29, 0.717) is 11.1 Å². The van der Waals surface area contributed by atoms with Gasteiger partial charge < -0.3 is 25.4 Å². The van der Waals surface area contributed by atoms with E-state index < -0.39 is 29.3 Å². The number of phenols is 1. The summed E-state index contributed by atoms with van der Waals surface area (Å²) in [6.45, 7) is 14.2. The van der Waals surface area contributed by atoms with Crippen LogP contribution in [0, 0.1) is 6.92 Å². The lowest BCUT2D eigenvalue weighted by Gasteiger charge is -2.44. The Morgan fingerprint density at radius 1 is 1.12 bits per heavy atom. The van der Waals surface area contributed by atoms with E-state index in [0.717, 1.165) is 19.3 Å². The molecular formula is C25H39N3O5. The summed E-state index contributed by atoms with van der Waals surface area (Å²) in [7, 11) is 0. The largest absolute Gasteiger partial charge is 0.508 e. The zero-order valence-corrected chi connectivity index (χ0v) is 21.1. The van der Waals surface area contributed by atoms with Crippen LogP contribution < -0.4 is 10.6 Å². The highest BCUT2D eigenvalue weighted by atomic mass is 16.6. The molecule has 0 spiro atoms. The summed E-state index contributed by atoms with van der Waals surface area (Å²) >= 11 is 0. The maximum absolute atomic E-state index is 13.6. The molecule has 0 heterocycles. The van der Waals surface area contributed by atoms with Gasteiger partial charge in [-0.05, 0) is 97.9 Å². The van der Waals surface area contributed by atoms with Crippen molar-refractivity contribution >= 4 is 17.9 Å². The van der Waals surface area contributed by atoms with Gasteiger partial charge in [-0.2, -0.15) is 0 Å². The van der Waals surface area contributed by atoms with E-state index in [-0.39, 0.29) is 23.6 Å². The Hall–Kier alpha value is -2.77. The van der Waals surface area contributed by atoms with Gasteiger partial charge in [0.1, 0.15) is 23.4 Å². The van der Waals surface area contributed by atoms with E-state index >= 15 is 0 Å². The number of amides is 3. The van der Waals surface area contributed by atoms with Crippen molar-refractivity contribution in [1.82, 2.24) is 15.5 Å². The Labute approximate surface area is 197 Å². The monoisotopic (exact) mass is 461 g/mol. The number of hydrogen-bond donors (Lipinski definition) is 3. The molecule has 0 saturated heterocycles. The first-order valence-corrected chi connectivity index (χ1v) is 11.5. The molecule has 3 N–H and O–H groups in total. The van der Waals surface area contributed by atoms with Crippen LogP contribution in [-0.4, -0.2) is 51.1 Å². The number of alkyl carbamates (subject to hydrolysis) is 1. The maximum Gasteiger partial charge on any atom is 0.408 e. The molecule has 2 unspecified atom stereocenters. The second kappa shape index (κ2) is 10.0. The molecule has 0 aliphatic heterocycles. The minimum atomic E-state index is -0.899. The molecule has 1 aliphatic carbocycles. The molecule has 1 fully saturated rings. The highest BCUT2D eigenvalue weighted by Gasteiger charge is 2.41. The van der Waals surface area contributed by atoms with Gasteiger partial charge in [0, 0.05) is 11.6 Å². The fourth-order valence-electron chi connectivity index (χ4n) is 3.68. The van der Waals surface area contributed by atoms with Crippen LogP contribution in [0.5, 0.6) is 5.75 Å². The van der Waals surface area contributed by atoms with Crippen LogP contribution in [-0.2, 0) is 14.3 Å². The van der Waals surface area contributed by atoms with Gasteiger partial charge in [-0.15, -0.1) is 0 Å². The number of benzene rings is 1. The number of carbonyl (C=O) groups is 3. The molecule has 8 nitrogen and oxygen atoms in total. The number of hydrogen-bond acceptors (Lipinski definition) is 5. The van der Waals surface area contributed by atoms with Crippen molar-refractivity contribution in [3.05, 3.63) is 29.3 Å². The van der Waals surface area contributed by atoms with Crippen LogP contribution in [0.4, 0.5) is 4.79 Å². The molecule has 0 aromatic heterocycles. The summed E-state index contributed by atoms with van der Waals surface area (Å²) in [6, 6.07) is 3.03. The molecule has 33 heavy (non-hydrogen) atoms. The molecule has 3 amide bonds. The highest BCUT2D eigenvalue weighted by molar-refractivity contribution is 5.92. The van der Waals surface area contributed by atoms with Crippen molar-refractivity contribution in [2.45, 2.75) is 104 Å². The first-order valence-electron chi connectivity index (χ1n) is 11.5. The second-order valence-corrected chi connectivity index (χ2v) is 10.9. The third kappa shape index (κ3) is 7.37. The van der Waals surface area contributed by atoms with Crippen LogP contribution >= 0.6 is 0 Å². The normalized spacial score (nSPS) is 16.2. The SMILES string of the molecule is Cc1cc(C(C(=O)NC(C)(C)C)N(C(=O)C(C)NC(=O)OC(C)(C)C)C2CCC2)ccc1O. The molecule has 2 rings (SSSR count). The average molecular weight is 462 g/mol. The van der Waals surface area contributed by atoms with Gasteiger partial charge in [-0.1, -0.05) is 6.07 Å². The Kier molecular flexibility index (Phi) is 8.04. The van der Waals surface area contributed by atoms with Crippen molar-refractivity contribution < 1.29 is 24.2 Å². The number of aryl methyl sites for hydroxylation is 1. The molecule has 184 valence electrons. The minimum Gasteiger partial charge on any atom is -0.508 e. The van der Waals surface area contributed by atoms with Crippen molar-refractivity contribution in [3.8, 4) is 5.75 Å². The lowest BCUT2D eigenvalue weighted by atomic mass is 9.87. The molecule has 1 aromatic rings. The fourth-order valence-corrected chi connectivity index (χ4v) is 3.68. The van der Waals surface area contributed by atoms with Crippen molar-refractivity contribution in [1.29, 1.82) is 0 Å². The van der Waals surface area contributed by atoms with Crippen LogP contribution in [0.1, 0.15) is 84.9 Å². The number of nitrogens with zero attached hydrogens (tertiary/aromatic N) is 1. The minimum absolute atomic E-state index is 0.120. The highest BCUT2D eigenvalue weighted by Crippen LogP contribution is 2.35. The van der Waals surface area contributed by atoms with E-state index in [1.54, 1.807) is 51.7 Å². The van der Waals surface area contributed by atoms with Gasteiger partial charge >= 0.3 is 6.09 Å². The number of ether oxygens (including phenoxy) is 1. The van der Waals surface area contributed by atoms with E-state index in [2.05, 4.69) is 10.6 Å². The van der Waals surface area contributed by atoms with Crippen LogP contribution in [0.25, 0.3) is 0 Å². The third-order valence-corrected chi connectivity index (χ3v) is 5.39. The van der Waals surface area contributed by atoms with Crippen molar-refractivity contribution in [2.75, 3.05) is 0 Å². The second-order valence-electron chi connectivity index (χ2n) is 10.9. The van der Waals surface area contributed by atoms with Gasteiger partial charge in [0.2, 0.25) is 11.8 Å². The van der Waals surface area contributed by atoms with E-state index in [4.69, 9.17) is 4.74 Å². The summed E-state index contributed by atoms with van der Waals surface area (Å²) in [5.41, 5.74) is 0.0219. The number of aromatic hydroxyl groups is 1. The van der Waals surface area contributed by atoms with Gasteiger partial charge in [-0.25, -0.2) is 4.79 Å². The molecule has 2 atom stereocenters. The predicted molar refractivity (Wildman–Crippen MR) is 127 cm³/mol. The Balaban J connectivity index is 2.43. The first-order chi connectivity index (χ1) is 15.1. The lowest BCUT2D eigenvalue weighted by molar-refractivity contribution is -0.147. The summed E-state index contributed by atoms with van der Waals surface area (Å²) in [5, 5.41) is 15.6. The van der Waals surface area contributed by atoms with Gasteiger partial charge in [0.25, 0.3) is 0 Å². The number of phenolic OH excluding ortho intramolecular Hbond substituents is 1. The number of rotatable bonds is 6. The predicted octanol–water partition coefficient (Wildman–Crippen LogP) is 3.95. The third-order valence-electron chi connectivity index (χ3n) is 5.39.